The number of carbonyl (C=O) groups is 1. The molecule has 0 bridgehead atoms. The third kappa shape index (κ3) is 4.11. The molecule has 0 saturated heterocycles. The number of amides is 1. The number of nitro groups is 1. The second-order valence-corrected chi connectivity index (χ2v) is 7.56. The van der Waals surface area contributed by atoms with Crippen molar-refractivity contribution in [2.75, 3.05) is 5.32 Å². The topological polar surface area (TPSA) is 124 Å². The molecule has 1 amide bonds. The molecule has 0 aliphatic carbocycles. The monoisotopic (exact) mass is 422 g/mol. The van der Waals surface area contributed by atoms with Gasteiger partial charge in [0, 0.05) is 18.3 Å². The largest absolute Gasteiger partial charge is 0.341 e. The summed E-state index contributed by atoms with van der Waals surface area (Å²) in [6, 6.07) is 11.5. The number of sulfone groups is 1. The first-order valence-corrected chi connectivity index (χ1v) is 9.47. The number of benzene rings is 2. The van der Waals surface area contributed by atoms with E-state index in [0.29, 0.717) is 5.69 Å². The number of para-hydroxylation sites is 1. The quantitative estimate of drug-likeness (QED) is 0.481. The zero-order chi connectivity index (χ0) is 21.2. The summed E-state index contributed by atoms with van der Waals surface area (Å²) in [7, 11) is -4.91. The van der Waals surface area contributed by atoms with Crippen molar-refractivity contribution in [1.29, 1.82) is 0 Å². The van der Waals surface area contributed by atoms with Gasteiger partial charge in [0.2, 0.25) is 9.84 Å². The van der Waals surface area contributed by atoms with Gasteiger partial charge in [-0.2, -0.15) is 13.9 Å². The number of rotatable bonds is 6. The molecule has 0 aliphatic rings. The molecule has 1 N–H and O–H groups in total. The maximum absolute atomic E-state index is 12.8. The van der Waals surface area contributed by atoms with Crippen LogP contribution in [-0.4, -0.2) is 34.8 Å². The van der Waals surface area contributed by atoms with E-state index in [9.17, 15) is 32.1 Å². The number of carbonyl (C=O) groups excluding carboxylic acids is 1. The molecule has 0 fully saturated rings. The van der Waals surface area contributed by atoms with E-state index in [4.69, 9.17) is 0 Å². The number of aromatic nitrogens is 2. The molecule has 9 nitrogen and oxygen atoms in total. The maximum Gasteiger partial charge on any atom is 0.341 e. The number of non-ortho nitro benzene ring substituents is 1. The number of nitrogens with zero attached hydrogens (tertiary/aromatic N) is 3. The smallest absolute Gasteiger partial charge is 0.319 e. The van der Waals surface area contributed by atoms with Crippen LogP contribution < -0.4 is 5.32 Å². The van der Waals surface area contributed by atoms with Gasteiger partial charge >= 0.3 is 5.76 Å². The summed E-state index contributed by atoms with van der Waals surface area (Å²) in [6.07, 6.45) is 1.41. The molecule has 150 valence electrons. The molecule has 2 aromatic carbocycles. The van der Waals surface area contributed by atoms with E-state index in [1.165, 1.54) is 59.4 Å². The van der Waals surface area contributed by atoms with Gasteiger partial charge in [0.15, 0.2) is 5.69 Å². The van der Waals surface area contributed by atoms with E-state index in [1.807, 2.05) is 0 Å². The number of nitro benzene ring substituents is 1. The summed E-state index contributed by atoms with van der Waals surface area (Å²) < 4.78 is 50.5. The van der Waals surface area contributed by atoms with E-state index in [1.54, 1.807) is 0 Å². The fraction of sp³-hybridized carbons (Fsp3) is 0.0588. The average Bonchev–Trinajstić information content (AvgIpc) is 3.18. The summed E-state index contributed by atoms with van der Waals surface area (Å²) >= 11 is 0. The van der Waals surface area contributed by atoms with Crippen LogP contribution in [0.2, 0.25) is 0 Å². The number of nitrogens with one attached hydrogen (secondary N) is 1. The van der Waals surface area contributed by atoms with Crippen LogP contribution in [0.4, 0.5) is 20.2 Å². The van der Waals surface area contributed by atoms with Crippen LogP contribution in [0.25, 0.3) is 5.69 Å². The first kappa shape index (κ1) is 20.1. The van der Waals surface area contributed by atoms with Crippen LogP contribution >= 0.6 is 0 Å². The zero-order valence-corrected chi connectivity index (χ0v) is 15.2. The lowest BCUT2D eigenvalue weighted by Crippen LogP contribution is -2.18. The SMILES string of the molecule is O=C(Nc1ccccc1S(=O)(=O)C(F)F)c1ccn(-c2ccc([N+](=O)[O-])cc2)n1. The number of hydrogen-bond donors (Lipinski definition) is 1. The van der Waals surface area contributed by atoms with Crippen molar-refractivity contribution in [2.24, 2.45) is 0 Å². The third-order valence-corrected chi connectivity index (χ3v) is 5.26. The second kappa shape index (κ2) is 7.75. The molecule has 0 unspecified atom stereocenters. The predicted octanol–water partition coefficient (Wildman–Crippen LogP) is 3.03. The van der Waals surface area contributed by atoms with Crippen LogP contribution in [0.1, 0.15) is 10.5 Å². The second-order valence-electron chi connectivity index (χ2n) is 5.68. The predicted molar refractivity (Wildman–Crippen MR) is 97.8 cm³/mol. The minimum atomic E-state index is -4.91. The van der Waals surface area contributed by atoms with Crippen LogP contribution in [0.5, 0.6) is 0 Å². The van der Waals surface area contributed by atoms with Gasteiger partial charge in [0.1, 0.15) is 0 Å². The van der Waals surface area contributed by atoms with Crippen LogP contribution in [-0.2, 0) is 9.84 Å². The Morgan fingerprint density at radius 1 is 1.10 bits per heavy atom. The summed E-state index contributed by atoms with van der Waals surface area (Å²) in [5.74, 6) is -4.45. The van der Waals surface area contributed by atoms with Gasteiger partial charge < -0.3 is 5.32 Å². The molecule has 0 radical (unpaired) electrons. The number of anilines is 1. The molecule has 0 aliphatic heterocycles. The molecule has 0 saturated carbocycles. The third-order valence-electron chi connectivity index (χ3n) is 3.82. The van der Waals surface area contributed by atoms with E-state index in [2.05, 4.69) is 10.4 Å². The molecule has 1 aromatic heterocycles. The molecular weight excluding hydrogens is 410 g/mol. The van der Waals surface area contributed by atoms with E-state index in [-0.39, 0.29) is 17.1 Å². The van der Waals surface area contributed by atoms with Crippen LogP contribution in [0.15, 0.2) is 65.7 Å². The first-order valence-electron chi connectivity index (χ1n) is 7.93. The van der Waals surface area contributed by atoms with E-state index < -0.39 is 31.3 Å². The zero-order valence-electron chi connectivity index (χ0n) is 14.4. The fourth-order valence-corrected chi connectivity index (χ4v) is 3.30. The molecule has 29 heavy (non-hydrogen) atoms. The molecule has 12 heteroatoms. The highest BCUT2D eigenvalue weighted by atomic mass is 32.2. The number of halogens is 2. The summed E-state index contributed by atoms with van der Waals surface area (Å²) in [4.78, 5) is 21.8. The minimum absolute atomic E-state index is 0.115. The Labute approximate surface area is 162 Å². The summed E-state index contributed by atoms with van der Waals surface area (Å²) in [5, 5.41) is 17.0. The number of alkyl halides is 2. The molecular formula is C17H12F2N4O5S. The van der Waals surface area contributed by atoms with Crippen molar-refractivity contribution in [3.8, 4) is 5.69 Å². The van der Waals surface area contributed by atoms with Gasteiger partial charge in [0.25, 0.3) is 11.6 Å². The first-order chi connectivity index (χ1) is 13.7. The van der Waals surface area contributed by atoms with E-state index >= 15 is 0 Å². The van der Waals surface area contributed by atoms with E-state index in [0.717, 1.165) is 6.07 Å². The number of hydrogen-bond acceptors (Lipinski definition) is 6. The summed E-state index contributed by atoms with van der Waals surface area (Å²) in [5.41, 5.74) is -0.0960. The Balaban J connectivity index is 1.84. The average molecular weight is 422 g/mol. The van der Waals surface area contributed by atoms with Gasteiger partial charge in [-0.05, 0) is 30.3 Å². The van der Waals surface area contributed by atoms with Crippen molar-refractivity contribution < 1.29 is 26.9 Å². The standard InChI is InChI=1S/C17H12F2N4O5S/c18-17(19)29(27,28)15-4-2-1-3-13(15)20-16(24)14-9-10-22(21-14)11-5-7-12(8-6-11)23(25)26/h1-10,17H,(H,20,24). The lowest BCUT2D eigenvalue weighted by Gasteiger charge is -2.10. The highest BCUT2D eigenvalue weighted by Crippen LogP contribution is 2.26. The maximum atomic E-state index is 12.8. The van der Waals surface area contributed by atoms with Crippen molar-refractivity contribution in [1.82, 2.24) is 9.78 Å². The molecule has 3 rings (SSSR count). The Morgan fingerprint density at radius 2 is 1.76 bits per heavy atom. The van der Waals surface area contributed by atoms with Crippen LogP contribution in [0, 0.1) is 10.1 Å². The Morgan fingerprint density at radius 3 is 2.38 bits per heavy atom. The lowest BCUT2D eigenvalue weighted by atomic mass is 10.3. The van der Waals surface area contributed by atoms with Crippen LogP contribution in [0.3, 0.4) is 0 Å². The van der Waals surface area contributed by atoms with Gasteiger partial charge in [-0.3, -0.25) is 14.9 Å². The molecule has 1 heterocycles. The van der Waals surface area contributed by atoms with Gasteiger partial charge in [-0.25, -0.2) is 13.1 Å². The Kier molecular flexibility index (Phi) is 5.37. The van der Waals surface area contributed by atoms with Gasteiger partial charge in [-0.15, -0.1) is 0 Å². The van der Waals surface area contributed by atoms with Gasteiger partial charge in [-0.1, -0.05) is 12.1 Å². The molecule has 0 spiro atoms. The minimum Gasteiger partial charge on any atom is -0.319 e. The Bertz CT molecular complexity index is 1180. The highest BCUT2D eigenvalue weighted by Gasteiger charge is 2.29. The van der Waals surface area contributed by atoms with Crippen molar-refractivity contribution in [3.05, 3.63) is 76.6 Å². The summed E-state index contributed by atoms with van der Waals surface area (Å²) in [6.45, 7) is 0. The molecule has 3 aromatic rings. The molecule has 0 atom stereocenters. The van der Waals surface area contributed by atoms with Crippen molar-refractivity contribution >= 4 is 27.1 Å². The van der Waals surface area contributed by atoms with Crippen molar-refractivity contribution in [3.63, 3.8) is 0 Å². The van der Waals surface area contributed by atoms with Gasteiger partial charge in [0.05, 0.1) is 21.2 Å². The van der Waals surface area contributed by atoms with Crippen molar-refractivity contribution in [2.45, 2.75) is 10.7 Å². The normalized spacial score (nSPS) is 11.4. The lowest BCUT2D eigenvalue weighted by molar-refractivity contribution is -0.384. The highest BCUT2D eigenvalue weighted by molar-refractivity contribution is 7.91. The fourth-order valence-electron chi connectivity index (χ4n) is 2.42. The Hall–Kier alpha value is -3.67.